The van der Waals surface area contributed by atoms with E-state index in [9.17, 15) is 0 Å². The van der Waals surface area contributed by atoms with Crippen LogP contribution in [0.5, 0.6) is 11.5 Å². The van der Waals surface area contributed by atoms with E-state index in [0.717, 1.165) is 11.3 Å². The zero-order valence-electron chi connectivity index (χ0n) is 9.38. The molecule has 0 aliphatic carbocycles. The largest absolute Gasteiger partial charge is 0.455 e. The van der Waals surface area contributed by atoms with Crippen LogP contribution in [-0.4, -0.2) is 9.97 Å². The number of nitrogens with two attached hydrogens (primary N) is 1. The molecule has 0 fully saturated rings. The lowest BCUT2D eigenvalue weighted by Gasteiger charge is -2.09. The molecule has 86 valence electrons. The van der Waals surface area contributed by atoms with Crippen molar-refractivity contribution in [2.24, 2.45) is 5.73 Å². The first-order valence-electron chi connectivity index (χ1n) is 5.15. The molecule has 0 aliphatic heterocycles. The summed E-state index contributed by atoms with van der Waals surface area (Å²) in [5.74, 6) is 1.32. The number of rotatable bonds is 3. The SMILES string of the molecule is Cc1cccc(Oc2cnccc2C(N)=S)c1. The fourth-order valence-corrected chi connectivity index (χ4v) is 1.64. The highest BCUT2D eigenvalue weighted by molar-refractivity contribution is 7.80. The molecule has 2 N–H and O–H groups in total. The van der Waals surface area contributed by atoms with Crippen LogP contribution in [0.3, 0.4) is 0 Å². The lowest BCUT2D eigenvalue weighted by atomic mass is 10.2. The molecule has 0 atom stereocenters. The van der Waals surface area contributed by atoms with Crippen molar-refractivity contribution in [3.05, 3.63) is 53.9 Å². The van der Waals surface area contributed by atoms with Gasteiger partial charge in [0.25, 0.3) is 0 Å². The van der Waals surface area contributed by atoms with Crippen molar-refractivity contribution in [3.8, 4) is 11.5 Å². The maximum atomic E-state index is 5.72. The van der Waals surface area contributed by atoms with Crippen LogP contribution in [-0.2, 0) is 0 Å². The molecule has 1 heterocycles. The predicted molar refractivity (Wildman–Crippen MR) is 71.4 cm³/mol. The van der Waals surface area contributed by atoms with E-state index in [0.29, 0.717) is 16.3 Å². The van der Waals surface area contributed by atoms with Crippen LogP contribution in [0.15, 0.2) is 42.7 Å². The molecule has 0 aliphatic rings. The molecule has 0 saturated carbocycles. The average Bonchev–Trinajstić information content (AvgIpc) is 2.29. The van der Waals surface area contributed by atoms with Gasteiger partial charge in [-0.05, 0) is 30.7 Å². The summed E-state index contributed by atoms with van der Waals surface area (Å²) < 4.78 is 5.72. The van der Waals surface area contributed by atoms with Gasteiger partial charge in [-0.25, -0.2) is 0 Å². The van der Waals surface area contributed by atoms with E-state index < -0.39 is 0 Å². The minimum absolute atomic E-state index is 0.301. The zero-order chi connectivity index (χ0) is 12.3. The third kappa shape index (κ3) is 2.79. The Morgan fingerprint density at radius 1 is 1.35 bits per heavy atom. The number of benzene rings is 1. The Hall–Kier alpha value is -1.94. The highest BCUT2D eigenvalue weighted by Gasteiger charge is 2.07. The summed E-state index contributed by atoms with van der Waals surface area (Å²) in [6, 6.07) is 9.50. The lowest BCUT2D eigenvalue weighted by Crippen LogP contribution is -2.10. The quantitative estimate of drug-likeness (QED) is 0.843. The molecule has 3 nitrogen and oxygen atoms in total. The van der Waals surface area contributed by atoms with E-state index in [4.69, 9.17) is 22.7 Å². The number of aryl methyl sites for hydroxylation is 1. The smallest absolute Gasteiger partial charge is 0.155 e. The van der Waals surface area contributed by atoms with Gasteiger partial charge in [-0.3, -0.25) is 4.98 Å². The van der Waals surface area contributed by atoms with Crippen molar-refractivity contribution in [1.82, 2.24) is 4.98 Å². The van der Waals surface area contributed by atoms with Gasteiger partial charge in [-0.1, -0.05) is 24.4 Å². The van der Waals surface area contributed by atoms with Crippen molar-refractivity contribution in [3.63, 3.8) is 0 Å². The monoisotopic (exact) mass is 244 g/mol. The molecule has 2 rings (SSSR count). The highest BCUT2D eigenvalue weighted by atomic mass is 32.1. The van der Waals surface area contributed by atoms with Gasteiger partial charge in [0.2, 0.25) is 0 Å². The van der Waals surface area contributed by atoms with E-state index in [1.54, 1.807) is 18.5 Å². The number of pyridine rings is 1. The van der Waals surface area contributed by atoms with E-state index in [1.807, 2.05) is 31.2 Å². The highest BCUT2D eigenvalue weighted by Crippen LogP contribution is 2.24. The van der Waals surface area contributed by atoms with Crippen LogP contribution in [0.25, 0.3) is 0 Å². The molecule has 0 amide bonds. The molecule has 0 saturated heterocycles. The van der Waals surface area contributed by atoms with Crippen molar-refractivity contribution in [2.45, 2.75) is 6.92 Å². The third-order valence-electron chi connectivity index (χ3n) is 2.27. The Kier molecular flexibility index (Phi) is 3.35. The van der Waals surface area contributed by atoms with Gasteiger partial charge >= 0.3 is 0 Å². The second kappa shape index (κ2) is 4.93. The number of hydrogen-bond donors (Lipinski definition) is 1. The van der Waals surface area contributed by atoms with Gasteiger partial charge in [0.05, 0.1) is 11.8 Å². The normalized spacial score (nSPS) is 9.94. The molecule has 0 radical (unpaired) electrons. The molecular weight excluding hydrogens is 232 g/mol. The average molecular weight is 244 g/mol. The third-order valence-corrected chi connectivity index (χ3v) is 2.49. The van der Waals surface area contributed by atoms with E-state index >= 15 is 0 Å². The first-order valence-corrected chi connectivity index (χ1v) is 5.56. The molecule has 4 heteroatoms. The summed E-state index contributed by atoms with van der Waals surface area (Å²) in [7, 11) is 0. The van der Waals surface area contributed by atoms with Gasteiger partial charge in [-0.15, -0.1) is 0 Å². The molecule has 0 unspecified atom stereocenters. The fraction of sp³-hybridized carbons (Fsp3) is 0.0769. The van der Waals surface area contributed by atoms with Gasteiger partial charge in [0.15, 0.2) is 5.75 Å². The van der Waals surface area contributed by atoms with Gasteiger partial charge < -0.3 is 10.5 Å². The fourth-order valence-electron chi connectivity index (χ4n) is 1.47. The summed E-state index contributed by atoms with van der Waals surface area (Å²) >= 11 is 4.96. The minimum Gasteiger partial charge on any atom is -0.455 e. The Morgan fingerprint density at radius 3 is 2.88 bits per heavy atom. The lowest BCUT2D eigenvalue weighted by molar-refractivity contribution is 0.479. The predicted octanol–water partition coefficient (Wildman–Crippen LogP) is 2.82. The molecule has 1 aromatic carbocycles. The molecule has 0 spiro atoms. The first kappa shape index (κ1) is 11.5. The van der Waals surface area contributed by atoms with Gasteiger partial charge in [-0.2, -0.15) is 0 Å². The van der Waals surface area contributed by atoms with Gasteiger partial charge in [0, 0.05) is 6.20 Å². The molecule has 0 bridgehead atoms. The second-order valence-corrected chi connectivity index (χ2v) is 4.09. The van der Waals surface area contributed by atoms with Crippen LogP contribution in [0.2, 0.25) is 0 Å². The zero-order valence-corrected chi connectivity index (χ0v) is 10.2. The Bertz CT molecular complexity index is 555. The summed E-state index contributed by atoms with van der Waals surface area (Å²) in [6.45, 7) is 2.00. The van der Waals surface area contributed by atoms with Crippen molar-refractivity contribution in [1.29, 1.82) is 0 Å². The number of hydrogen-bond acceptors (Lipinski definition) is 3. The van der Waals surface area contributed by atoms with E-state index in [2.05, 4.69) is 4.98 Å². The summed E-state index contributed by atoms with van der Waals surface area (Å²) in [6.07, 6.45) is 3.24. The summed E-state index contributed by atoms with van der Waals surface area (Å²) in [5, 5.41) is 0. The van der Waals surface area contributed by atoms with Crippen LogP contribution in [0.4, 0.5) is 0 Å². The maximum Gasteiger partial charge on any atom is 0.155 e. The molecule has 1 aromatic heterocycles. The van der Waals surface area contributed by atoms with Gasteiger partial charge in [0.1, 0.15) is 10.7 Å². The van der Waals surface area contributed by atoms with Crippen LogP contribution < -0.4 is 10.5 Å². The summed E-state index contributed by atoms with van der Waals surface area (Å²) in [5.41, 5.74) is 7.44. The number of aromatic nitrogens is 1. The topological polar surface area (TPSA) is 48.1 Å². The minimum atomic E-state index is 0.301. The number of nitrogens with zero attached hydrogens (tertiary/aromatic N) is 1. The Morgan fingerprint density at radius 2 is 2.18 bits per heavy atom. The summed E-state index contributed by atoms with van der Waals surface area (Å²) in [4.78, 5) is 4.31. The van der Waals surface area contributed by atoms with E-state index in [1.165, 1.54) is 0 Å². The molecule has 17 heavy (non-hydrogen) atoms. The molecular formula is C13H12N2OS. The number of ether oxygens (including phenoxy) is 1. The van der Waals surface area contributed by atoms with Crippen LogP contribution in [0.1, 0.15) is 11.1 Å². The van der Waals surface area contributed by atoms with Crippen LogP contribution in [0, 0.1) is 6.92 Å². The first-order chi connectivity index (χ1) is 8.16. The van der Waals surface area contributed by atoms with Crippen molar-refractivity contribution < 1.29 is 4.74 Å². The molecule has 2 aromatic rings. The number of thiocarbonyl (C=S) groups is 1. The van der Waals surface area contributed by atoms with Crippen molar-refractivity contribution >= 4 is 17.2 Å². The Balaban J connectivity index is 2.33. The van der Waals surface area contributed by atoms with E-state index in [-0.39, 0.29) is 0 Å². The Labute approximate surface area is 105 Å². The van der Waals surface area contributed by atoms with Crippen LogP contribution >= 0.6 is 12.2 Å². The van der Waals surface area contributed by atoms with Crippen molar-refractivity contribution in [2.75, 3.05) is 0 Å². The second-order valence-electron chi connectivity index (χ2n) is 3.65. The standard InChI is InChI=1S/C13H12N2OS/c1-9-3-2-4-10(7-9)16-12-8-15-6-5-11(12)13(14)17/h2-8H,1H3,(H2,14,17). The maximum absolute atomic E-state index is 5.72.